The number of aliphatic imine (C=N–C) groups is 1. The van der Waals surface area contributed by atoms with Gasteiger partial charge in [-0.2, -0.15) is 0 Å². The topological polar surface area (TPSA) is 50.7 Å². The van der Waals surface area contributed by atoms with E-state index in [9.17, 15) is 4.79 Å². The standard InChI is InChI=1S/C33H32Cl2N2O2S/c1-33(2,3)23-12-16-27-29(17-23)40-32(30(27)31(38)37-25-7-5-4-6-8-25)36-19-21-9-14-26(15-10-21)39-20-22-11-13-24(34)18-28(22)35/h4-11,13-15,18-19,23H,12,16-17,20H2,1-3H3,(H,37,38)/t23-/m1/s1. The summed E-state index contributed by atoms with van der Waals surface area (Å²) in [6, 6.07) is 22.7. The maximum Gasteiger partial charge on any atom is 0.259 e. The molecule has 1 N–H and O–H groups in total. The van der Waals surface area contributed by atoms with Crippen LogP contribution in [-0.4, -0.2) is 12.1 Å². The van der Waals surface area contributed by atoms with Gasteiger partial charge in [-0.1, -0.05) is 68.2 Å². The third kappa shape index (κ3) is 6.77. The molecule has 5 rings (SSSR count). The minimum absolute atomic E-state index is 0.102. The molecular weight excluding hydrogens is 559 g/mol. The van der Waals surface area contributed by atoms with Gasteiger partial charge < -0.3 is 10.1 Å². The van der Waals surface area contributed by atoms with Crippen molar-refractivity contribution < 1.29 is 9.53 Å². The highest BCUT2D eigenvalue weighted by Crippen LogP contribution is 2.45. The number of fused-ring (bicyclic) bond motifs is 1. The van der Waals surface area contributed by atoms with Crippen LogP contribution in [0.4, 0.5) is 10.7 Å². The zero-order chi connectivity index (χ0) is 28.3. The molecule has 7 heteroatoms. The molecule has 206 valence electrons. The number of carbonyl (C=O) groups is 1. The molecule has 0 aliphatic heterocycles. The van der Waals surface area contributed by atoms with Crippen molar-refractivity contribution in [2.24, 2.45) is 16.3 Å². The van der Waals surface area contributed by atoms with Gasteiger partial charge in [0.1, 0.15) is 17.4 Å². The van der Waals surface area contributed by atoms with Crippen LogP contribution in [0.25, 0.3) is 0 Å². The Morgan fingerprint density at radius 3 is 2.52 bits per heavy atom. The van der Waals surface area contributed by atoms with Crippen LogP contribution in [0.1, 0.15) is 59.1 Å². The molecule has 1 atom stereocenters. The van der Waals surface area contributed by atoms with E-state index in [4.69, 9.17) is 32.9 Å². The third-order valence-corrected chi connectivity index (χ3v) is 9.10. The minimum atomic E-state index is -0.102. The lowest BCUT2D eigenvalue weighted by Crippen LogP contribution is -2.27. The van der Waals surface area contributed by atoms with Crippen molar-refractivity contribution >= 4 is 57.3 Å². The largest absolute Gasteiger partial charge is 0.489 e. The van der Waals surface area contributed by atoms with Crippen LogP contribution in [-0.2, 0) is 19.4 Å². The van der Waals surface area contributed by atoms with E-state index in [-0.39, 0.29) is 11.3 Å². The van der Waals surface area contributed by atoms with E-state index in [1.165, 1.54) is 4.88 Å². The predicted octanol–water partition coefficient (Wildman–Crippen LogP) is 9.79. The molecular formula is C33H32Cl2N2O2S. The summed E-state index contributed by atoms with van der Waals surface area (Å²) in [5, 5.41) is 5.01. The Kier molecular flexibility index (Phi) is 8.65. The Morgan fingerprint density at radius 2 is 1.82 bits per heavy atom. The molecule has 0 radical (unpaired) electrons. The zero-order valence-electron chi connectivity index (χ0n) is 22.8. The molecule has 1 aliphatic rings. The lowest BCUT2D eigenvalue weighted by Gasteiger charge is -2.33. The number of amides is 1. The van der Waals surface area contributed by atoms with Crippen LogP contribution >= 0.6 is 34.5 Å². The van der Waals surface area contributed by atoms with Gasteiger partial charge in [0.15, 0.2) is 0 Å². The second kappa shape index (κ2) is 12.2. The Bertz CT molecular complexity index is 1520. The van der Waals surface area contributed by atoms with Gasteiger partial charge in [-0.25, -0.2) is 4.99 Å². The number of rotatable bonds is 7. The molecule has 0 spiro atoms. The number of nitrogens with one attached hydrogen (secondary N) is 1. The van der Waals surface area contributed by atoms with Crippen molar-refractivity contribution in [2.45, 2.75) is 46.6 Å². The first kappa shape index (κ1) is 28.4. The molecule has 0 fully saturated rings. The number of benzene rings is 3. The number of ether oxygens (including phenoxy) is 1. The molecule has 0 bridgehead atoms. The van der Waals surface area contributed by atoms with Crippen molar-refractivity contribution in [3.8, 4) is 5.75 Å². The molecule has 1 amide bonds. The van der Waals surface area contributed by atoms with E-state index in [0.29, 0.717) is 28.1 Å². The molecule has 0 saturated carbocycles. The number of carbonyl (C=O) groups excluding carboxylic acids is 1. The second-order valence-electron chi connectivity index (χ2n) is 11.2. The van der Waals surface area contributed by atoms with Gasteiger partial charge in [0.05, 0.1) is 5.56 Å². The summed E-state index contributed by atoms with van der Waals surface area (Å²) in [6.45, 7) is 7.25. The van der Waals surface area contributed by atoms with E-state index < -0.39 is 0 Å². The van der Waals surface area contributed by atoms with Crippen LogP contribution in [0.3, 0.4) is 0 Å². The number of halogens is 2. The van der Waals surface area contributed by atoms with Gasteiger partial charge in [-0.15, -0.1) is 11.3 Å². The molecule has 1 aromatic heterocycles. The Hall–Kier alpha value is -3.12. The second-order valence-corrected chi connectivity index (χ2v) is 13.1. The van der Waals surface area contributed by atoms with Crippen LogP contribution in [0, 0.1) is 11.3 Å². The van der Waals surface area contributed by atoms with E-state index >= 15 is 0 Å². The lowest BCUT2D eigenvalue weighted by atomic mass is 9.72. The van der Waals surface area contributed by atoms with Crippen molar-refractivity contribution in [3.63, 3.8) is 0 Å². The van der Waals surface area contributed by atoms with Crippen LogP contribution in [0.2, 0.25) is 10.0 Å². The van der Waals surface area contributed by atoms with Crippen molar-refractivity contribution in [1.82, 2.24) is 0 Å². The summed E-state index contributed by atoms with van der Waals surface area (Å²) in [6.07, 6.45) is 4.77. The summed E-state index contributed by atoms with van der Waals surface area (Å²) in [5.74, 6) is 1.20. The maximum atomic E-state index is 13.5. The molecule has 0 saturated heterocycles. The molecule has 1 aliphatic carbocycles. The van der Waals surface area contributed by atoms with Gasteiger partial charge in [0.25, 0.3) is 5.91 Å². The highest BCUT2D eigenvalue weighted by Gasteiger charge is 2.33. The van der Waals surface area contributed by atoms with Crippen LogP contribution < -0.4 is 10.1 Å². The number of hydrogen-bond donors (Lipinski definition) is 1. The first-order valence-corrected chi connectivity index (χ1v) is 15.0. The maximum absolute atomic E-state index is 13.5. The van der Waals surface area contributed by atoms with Crippen molar-refractivity contribution in [2.75, 3.05) is 5.32 Å². The highest BCUT2D eigenvalue weighted by molar-refractivity contribution is 7.16. The predicted molar refractivity (Wildman–Crippen MR) is 168 cm³/mol. The number of hydrogen-bond acceptors (Lipinski definition) is 4. The molecule has 0 unspecified atom stereocenters. The summed E-state index contributed by atoms with van der Waals surface area (Å²) in [4.78, 5) is 19.6. The highest BCUT2D eigenvalue weighted by atomic mass is 35.5. The monoisotopic (exact) mass is 590 g/mol. The van der Waals surface area contributed by atoms with Crippen LogP contribution in [0.5, 0.6) is 5.75 Å². The number of para-hydroxylation sites is 1. The lowest BCUT2D eigenvalue weighted by molar-refractivity contribution is 0.102. The Balaban J connectivity index is 1.35. The average Bonchev–Trinajstić information content (AvgIpc) is 3.30. The summed E-state index contributed by atoms with van der Waals surface area (Å²) >= 11 is 13.9. The number of nitrogens with zero attached hydrogens (tertiary/aromatic N) is 1. The molecule has 40 heavy (non-hydrogen) atoms. The molecule has 4 aromatic rings. The minimum Gasteiger partial charge on any atom is -0.489 e. The fraction of sp³-hybridized carbons (Fsp3) is 0.273. The molecule has 1 heterocycles. The first-order chi connectivity index (χ1) is 19.2. The van der Waals surface area contributed by atoms with Gasteiger partial charge in [0.2, 0.25) is 0 Å². The fourth-order valence-corrected chi connectivity index (χ4v) is 6.67. The van der Waals surface area contributed by atoms with E-state index in [1.807, 2.05) is 66.9 Å². The van der Waals surface area contributed by atoms with E-state index in [1.54, 1.807) is 23.5 Å². The van der Waals surface area contributed by atoms with E-state index in [2.05, 4.69) is 26.1 Å². The summed E-state index contributed by atoms with van der Waals surface area (Å²) < 4.78 is 5.91. The van der Waals surface area contributed by atoms with Gasteiger partial charge in [-0.3, -0.25) is 4.79 Å². The van der Waals surface area contributed by atoms with Crippen molar-refractivity contribution in [3.05, 3.63) is 110 Å². The Morgan fingerprint density at radius 1 is 1.07 bits per heavy atom. The third-order valence-electron chi connectivity index (χ3n) is 7.35. The number of anilines is 1. The quantitative estimate of drug-likeness (QED) is 0.218. The summed E-state index contributed by atoms with van der Waals surface area (Å²) in [5.41, 5.74) is 4.64. The summed E-state index contributed by atoms with van der Waals surface area (Å²) in [7, 11) is 0. The van der Waals surface area contributed by atoms with Crippen LogP contribution in [0.15, 0.2) is 77.8 Å². The van der Waals surface area contributed by atoms with Gasteiger partial charge in [0, 0.05) is 32.4 Å². The molecule has 3 aromatic carbocycles. The smallest absolute Gasteiger partial charge is 0.259 e. The number of thiophene rings is 1. The average molecular weight is 592 g/mol. The SMILES string of the molecule is CC(C)(C)[C@@H]1CCc2c(sc(N=Cc3ccc(OCc4ccc(Cl)cc4Cl)cc3)c2C(=O)Nc2ccccc2)C1. The first-order valence-electron chi connectivity index (χ1n) is 13.4. The fourth-order valence-electron chi connectivity index (χ4n) is 4.93. The van der Waals surface area contributed by atoms with E-state index in [0.717, 1.165) is 52.4 Å². The normalized spacial score (nSPS) is 15.2. The van der Waals surface area contributed by atoms with Crippen molar-refractivity contribution in [1.29, 1.82) is 0 Å². The molecule has 4 nitrogen and oxygen atoms in total. The zero-order valence-corrected chi connectivity index (χ0v) is 25.2. The Labute approximate surface area is 250 Å². The van der Waals surface area contributed by atoms with Gasteiger partial charge in [-0.05, 0) is 90.3 Å². The van der Waals surface area contributed by atoms with Gasteiger partial charge >= 0.3 is 0 Å².